The summed E-state index contributed by atoms with van der Waals surface area (Å²) in [6.07, 6.45) is 0.0584. The maximum Gasteiger partial charge on any atom is 0.327 e. The van der Waals surface area contributed by atoms with Crippen molar-refractivity contribution >= 4 is 23.5 Å². The normalized spacial score (nSPS) is 12.2. The number of aromatic nitrogens is 2. The van der Waals surface area contributed by atoms with E-state index in [1.165, 1.54) is 4.68 Å². The van der Waals surface area contributed by atoms with E-state index >= 15 is 0 Å². The van der Waals surface area contributed by atoms with E-state index in [-0.39, 0.29) is 24.7 Å². The number of esters is 1. The molecule has 0 aliphatic rings. The van der Waals surface area contributed by atoms with E-state index < -0.39 is 18.0 Å². The first-order valence-corrected chi connectivity index (χ1v) is 6.10. The molecule has 1 unspecified atom stereocenters. The maximum absolute atomic E-state index is 11.4. The molecule has 0 radical (unpaired) electrons. The predicted octanol–water partition coefficient (Wildman–Crippen LogP) is 0.362. The van der Waals surface area contributed by atoms with Gasteiger partial charge in [-0.1, -0.05) is 11.6 Å². The minimum absolute atomic E-state index is 0.0584. The van der Waals surface area contributed by atoms with Crippen molar-refractivity contribution in [2.24, 2.45) is 5.73 Å². The number of nitrogens with zero attached hydrogens (tertiary/aromatic N) is 2. The lowest BCUT2D eigenvalue weighted by atomic mass is 10.1. The van der Waals surface area contributed by atoms with Crippen molar-refractivity contribution in [3.63, 3.8) is 0 Å². The van der Waals surface area contributed by atoms with Gasteiger partial charge in [0.1, 0.15) is 17.7 Å². The fraction of sp³-hybridized carbons (Fsp3) is 0.545. The Bertz CT molecular complexity index is 487. The minimum atomic E-state index is -1.12. The summed E-state index contributed by atoms with van der Waals surface area (Å²) in [5, 5.41) is 13.1. The molecule has 0 saturated heterocycles. The van der Waals surface area contributed by atoms with Crippen molar-refractivity contribution in [1.29, 1.82) is 0 Å². The second kappa shape index (κ2) is 6.53. The number of carboxylic acids is 1. The molecule has 1 aromatic heterocycles. The Labute approximate surface area is 115 Å². The van der Waals surface area contributed by atoms with Gasteiger partial charge in [0.05, 0.1) is 12.3 Å². The molecule has 1 rings (SSSR count). The lowest BCUT2D eigenvalue weighted by molar-refractivity contribution is -0.144. The number of aryl methyl sites for hydroxylation is 1. The highest BCUT2D eigenvalue weighted by molar-refractivity contribution is 6.30. The highest BCUT2D eigenvalue weighted by Gasteiger charge is 2.21. The number of nitrogens with two attached hydrogens (primary N) is 1. The van der Waals surface area contributed by atoms with E-state index in [1.54, 1.807) is 13.8 Å². The number of carboxylic acid groups (broad SMARTS) is 1. The number of halogens is 1. The maximum atomic E-state index is 11.4. The van der Waals surface area contributed by atoms with Crippen molar-refractivity contribution in [3.05, 3.63) is 16.4 Å². The van der Waals surface area contributed by atoms with Crippen LogP contribution in [-0.4, -0.2) is 39.5 Å². The quantitative estimate of drug-likeness (QED) is 0.732. The van der Waals surface area contributed by atoms with Crippen LogP contribution in [0.25, 0.3) is 0 Å². The molecule has 0 aromatic carbocycles. The molecule has 0 aliphatic heterocycles. The Balaban J connectivity index is 2.88. The summed E-state index contributed by atoms with van der Waals surface area (Å²) in [5.74, 6) is -1.57. The number of rotatable bonds is 6. The molecule has 0 aliphatic carbocycles. The van der Waals surface area contributed by atoms with E-state index in [0.717, 1.165) is 0 Å². The van der Waals surface area contributed by atoms with Gasteiger partial charge < -0.3 is 15.6 Å². The molecule has 7 nitrogen and oxygen atoms in total. The predicted molar refractivity (Wildman–Crippen MR) is 67.9 cm³/mol. The van der Waals surface area contributed by atoms with Gasteiger partial charge in [-0.2, -0.15) is 5.10 Å². The summed E-state index contributed by atoms with van der Waals surface area (Å²) >= 11 is 6.07. The molecule has 0 amide bonds. The molecular weight excluding hydrogens is 274 g/mol. The van der Waals surface area contributed by atoms with Gasteiger partial charge in [0, 0.05) is 12.0 Å². The minimum Gasteiger partial charge on any atom is -0.480 e. The first-order chi connectivity index (χ1) is 8.86. The molecular formula is C11H16ClN3O4. The largest absolute Gasteiger partial charge is 0.480 e. The lowest BCUT2D eigenvalue weighted by Crippen LogP contribution is -2.32. The van der Waals surface area contributed by atoms with Crippen molar-refractivity contribution in [2.75, 3.05) is 6.61 Å². The summed E-state index contributed by atoms with van der Waals surface area (Å²) in [5.41, 5.74) is 6.53. The smallest absolute Gasteiger partial charge is 0.327 e. The molecule has 1 heterocycles. The third kappa shape index (κ3) is 3.93. The van der Waals surface area contributed by atoms with Gasteiger partial charge in [0.25, 0.3) is 0 Å². The average Bonchev–Trinajstić information content (AvgIpc) is 2.57. The zero-order valence-corrected chi connectivity index (χ0v) is 11.5. The first kappa shape index (κ1) is 15.5. The third-order valence-electron chi connectivity index (χ3n) is 2.51. The summed E-state index contributed by atoms with van der Waals surface area (Å²) in [7, 11) is 0. The second-order valence-electron chi connectivity index (χ2n) is 3.97. The average molecular weight is 290 g/mol. The highest BCUT2D eigenvalue weighted by atomic mass is 35.5. The van der Waals surface area contributed by atoms with Crippen molar-refractivity contribution < 1.29 is 19.4 Å². The Kier molecular flexibility index (Phi) is 5.31. The van der Waals surface area contributed by atoms with Crippen molar-refractivity contribution in [2.45, 2.75) is 32.9 Å². The lowest BCUT2D eigenvalue weighted by Gasteiger charge is -2.06. The molecule has 3 N–H and O–H groups in total. The highest BCUT2D eigenvalue weighted by Crippen LogP contribution is 2.21. The Morgan fingerprint density at radius 1 is 1.58 bits per heavy atom. The van der Waals surface area contributed by atoms with Crippen LogP contribution in [0, 0.1) is 6.92 Å². The van der Waals surface area contributed by atoms with Crippen LogP contribution in [0.4, 0.5) is 0 Å². The number of carbonyl (C=O) groups is 2. The van der Waals surface area contributed by atoms with Gasteiger partial charge >= 0.3 is 11.9 Å². The van der Waals surface area contributed by atoms with Crippen LogP contribution >= 0.6 is 11.6 Å². The standard InChI is InChI=1S/C11H16ClN3O4/c1-3-19-9(16)5-15-10(12)7(6(2)14-15)4-8(13)11(17)18/h8H,3-5,13H2,1-2H3,(H,17,18). The van der Waals surface area contributed by atoms with Gasteiger partial charge in [0.2, 0.25) is 0 Å². The van der Waals surface area contributed by atoms with Gasteiger partial charge in [-0.15, -0.1) is 0 Å². The number of ether oxygens (including phenoxy) is 1. The van der Waals surface area contributed by atoms with E-state index in [4.69, 9.17) is 27.2 Å². The van der Waals surface area contributed by atoms with Gasteiger partial charge in [0.15, 0.2) is 0 Å². The van der Waals surface area contributed by atoms with E-state index in [1.807, 2.05) is 0 Å². The topological polar surface area (TPSA) is 107 Å². The van der Waals surface area contributed by atoms with Crippen LogP contribution in [0.1, 0.15) is 18.2 Å². The zero-order chi connectivity index (χ0) is 14.6. The van der Waals surface area contributed by atoms with Crippen molar-refractivity contribution in [1.82, 2.24) is 9.78 Å². The van der Waals surface area contributed by atoms with Gasteiger partial charge in [-0.3, -0.25) is 9.59 Å². The fourth-order valence-corrected chi connectivity index (χ4v) is 1.87. The van der Waals surface area contributed by atoms with Gasteiger partial charge in [-0.25, -0.2) is 4.68 Å². The summed E-state index contributed by atoms with van der Waals surface area (Å²) < 4.78 is 6.07. The van der Waals surface area contributed by atoms with Crippen LogP contribution in [0.3, 0.4) is 0 Å². The van der Waals surface area contributed by atoms with Crippen LogP contribution in [-0.2, 0) is 27.3 Å². The summed E-state index contributed by atoms with van der Waals surface area (Å²) in [4.78, 5) is 22.1. The summed E-state index contributed by atoms with van der Waals surface area (Å²) in [6, 6.07) is -1.06. The van der Waals surface area contributed by atoms with E-state index in [0.29, 0.717) is 11.3 Å². The third-order valence-corrected chi connectivity index (χ3v) is 2.93. The molecule has 0 bridgehead atoms. The van der Waals surface area contributed by atoms with E-state index in [9.17, 15) is 9.59 Å². The van der Waals surface area contributed by atoms with Crippen LogP contribution in [0.15, 0.2) is 0 Å². The van der Waals surface area contributed by atoms with E-state index in [2.05, 4.69) is 5.10 Å². The molecule has 1 atom stereocenters. The SMILES string of the molecule is CCOC(=O)Cn1nc(C)c(CC(N)C(=O)O)c1Cl. The second-order valence-corrected chi connectivity index (χ2v) is 4.32. The van der Waals surface area contributed by atoms with Crippen LogP contribution in [0.5, 0.6) is 0 Å². The molecule has 8 heteroatoms. The monoisotopic (exact) mass is 289 g/mol. The molecule has 1 aromatic rings. The number of hydrogen-bond donors (Lipinski definition) is 2. The number of aliphatic carboxylic acids is 1. The Hall–Kier alpha value is -1.60. The molecule has 19 heavy (non-hydrogen) atoms. The van der Waals surface area contributed by atoms with Crippen LogP contribution < -0.4 is 5.73 Å². The summed E-state index contributed by atoms with van der Waals surface area (Å²) in [6.45, 7) is 3.53. The molecule has 0 saturated carbocycles. The van der Waals surface area contributed by atoms with Crippen molar-refractivity contribution in [3.8, 4) is 0 Å². The van der Waals surface area contributed by atoms with Crippen LogP contribution in [0.2, 0.25) is 5.15 Å². The first-order valence-electron chi connectivity index (χ1n) is 5.72. The number of hydrogen-bond acceptors (Lipinski definition) is 5. The molecule has 0 fully saturated rings. The number of carbonyl (C=O) groups excluding carboxylic acids is 1. The Morgan fingerprint density at radius 3 is 2.74 bits per heavy atom. The van der Waals surface area contributed by atoms with Gasteiger partial charge in [-0.05, 0) is 13.8 Å². The fourth-order valence-electron chi connectivity index (χ4n) is 1.56. The molecule has 106 valence electrons. The Morgan fingerprint density at radius 2 is 2.21 bits per heavy atom. The molecule has 0 spiro atoms. The zero-order valence-electron chi connectivity index (χ0n) is 10.7.